The Morgan fingerprint density at radius 2 is 1.67 bits per heavy atom. The SMILES string of the molecule is CC(C)(C)OC(=O)N[C@@H](Cc1ccccc1)C1CNC(=O)CN1C(=O)OCc1ccccc1. The normalized spacial score (nSPS) is 17.0. The number of ether oxygens (including phenoxy) is 2. The lowest BCUT2D eigenvalue weighted by Gasteiger charge is -2.39. The number of rotatable bonds is 6. The number of benzene rings is 2. The topological polar surface area (TPSA) is 97.0 Å². The molecule has 0 bridgehead atoms. The van der Waals surface area contributed by atoms with E-state index in [9.17, 15) is 14.4 Å². The maximum atomic E-state index is 13.0. The molecule has 0 saturated carbocycles. The van der Waals surface area contributed by atoms with Gasteiger partial charge in [-0.15, -0.1) is 0 Å². The Bertz CT molecular complexity index is 944. The van der Waals surface area contributed by atoms with Crippen LogP contribution in [0.4, 0.5) is 9.59 Å². The molecule has 176 valence electrons. The number of hydrogen-bond acceptors (Lipinski definition) is 5. The van der Waals surface area contributed by atoms with Crippen molar-refractivity contribution in [1.82, 2.24) is 15.5 Å². The van der Waals surface area contributed by atoms with Gasteiger partial charge < -0.3 is 20.1 Å². The van der Waals surface area contributed by atoms with Crippen molar-refractivity contribution in [3.63, 3.8) is 0 Å². The van der Waals surface area contributed by atoms with Crippen molar-refractivity contribution in [3.8, 4) is 0 Å². The number of nitrogens with one attached hydrogen (secondary N) is 2. The third-order valence-electron chi connectivity index (χ3n) is 5.13. The molecular weight excluding hydrogens is 422 g/mol. The Morgan fingerprint density at radius 3 is 2.27 bits per heavy atom. The number of amides is 3. The molecule has 0 aliphatic carbocycles. The van der Waals surface area contributed by atoms with Crippen molar-refractivity contribution in [1.29, 1.82) is 0 Å². The summed E-state index contributed by atoms with van der Waals surface area (Å²) in [4.78, 5) is 39.1. The van der Waals surface area contributed by atoms with Gasteiger partial charge in [-0.3, -0.25) is 9.69 Å². The van der Waals surface area contributed by atoms with Gasteiger partial charge in [0.2, 0.25) is 5.91 Å². The fourth-order valence-corrected chi connectivity index (χ4v) is 3.63. The lowest BCUT2D eigenvalue weighted by Crippen LogP contribution is -2.64. The van der Waals surface area contributed by atoms with Crippen LogP contribution in [0.5, 0.6) is 0 Å². The molecule has 33 heavy (non-hydrogen) atoms. The summed E-state index contributed by atoms with van der Waals surface area (Å²) in [7, 11) is 0. The number of nitrogens with zero attached hydrogens (tertiary/aromatic N) is 1. The molecule has 3 rings (SSSR count). The predicted molar refractivity (Wildman–Crippen MR) is 123 cm³/mol. The number of piperazine rings is 1. The lowest BCUT2D eigenvalue weighted by molar-refractivity contribution is -0.125. The third kappa shape index (κ3) is 7.52. The Hall–Kier alpha value is -3.55. The predicted octanol–water partition coefficient (Wildman–Crippen LogP) is 3.26. The fourth-order valence-electron chi connectivity index (χ4n) is 3.63. The average Bonchev–Trinajstić information content (AvgIpc) is 2.77. The molecule has 2 aromatic rings. The first-order chi connectivity index (χ1) is 15.7. The van der Waals surface area contributed by atoms with Gasteiger partial charge in [0.1, 0.15) is 18.8 Å². The third-order valence-corrected chi connectivity index (χ3v) is 5.13. The van der Waals surface area contributed by atoms with Crippen molar-refractivity contribution in [3.05, 3.63) is 71.8 Å². The molecule has 2 atom stereocenters. The van der Waals surface area contributed by atoms with Gasteiger partial charge in [0.05, 0.1) is 12.1 Å². The number of alkyl carbamates (subject to hydrolysis) is 1. The molecule has 1 aliphatic rings. The first-order valence-corrected chi connectivity index (χ1v) is 11.0. The zero-order chi connectivity index (χ0) is 23.8. The summed E-state index contributed by atoms with van der Waals surface area (Å²) in [5.41, 5.74) is 1.15. The second-order valence-corrected chi connectivity index (χ2v) is 8.98. The Kier molecular flexibility index (Phi) is 7.92. The van der Waals surface area contributed by atoms with Gasteiger partial charge in [-0.1, -0.05) is 60.7 Å². The summed E-state index contributed by atoms with van der Waals surface area (Å²) < 4.78 is 10.9. The highest BCUT2D eigenvalue weighted by Gasteiger charge is 2.38. The van der Waals surface area contributed by atoms with Gasteiger partial charge in [-0.25, -0.2) is 9.59 Å². The second-order valence-electron chi connectivity index (χ2n) is 8.98. The Labute approximate surface area is 194 Å². The van der Waals surface area contributed by atoms with Gasteiger partial charge in [0.25, 0.3) is 0 Å². The molecule has 2 N–H and O–H groups in total. The maximum Gasteiger partial charge on any atom is 0.410 e. The van der Waals surface area contributed by atoms with E-state index in [0.717, 1.165) is 11.1 Å². The molecule has 8 nitrogen and oxygen atoms in total. The van der Waals surface area contributed by atoms with Gasteiger partial charge in [-0.05, 0) is 38.3 Å². The first kappa shape index (κ1) is 24.1. The zero-order valence-electron chi connectivity index (χ0n) is 19.2. The standard InChI is InChI=1S/C25H31N3O5/c1-25(2,3)33-23(30)27-20(14-18-10-6-4-7-11-18)21-15-26-22(29)16-28(21)24(31)32-17-19-12-8-5-9-13-19/h4-13,20-21H,14-17H2,1-3H3,(H,26,29)(H,27,30)/t20-,21?/m0/s1. The van der Waals surface area contributed by atoms with Crippen molar-refractivity contribution >= 4 is 18.1 Å². The maximum absolute atomic E-state index is 13.0. The number of carbonyl (C=O) groups excluding carboxylic acids is 3. The van der Waals surface area contributed by atoms with Gasteiger partial charge in [-0.2, -0.15) is 0 Å². The summed E-state index contributed by atoms with van der Waals surface area (Å²) in [5, 5.41) is 5.70. The van der Waals surface area contributed by atoms with Gasteiger partial charge >= 0.3 is 12.2 Å². The summed E-state index contributed by atoms with van der Waals surface area (Å²) in [6.07, 6.45) is -0.746. The van der Waals surface area contributed by atoms with E-state index < -0.39 is 29.9 Å². The van der Waals surface area contributed by atoms with E-state index in [1.807, 2.05) is 60.7 Å². The van der Waals surface area contributed by atoms with E-state index in [0.29, 0.717) is 6.42 Å². The van der Waals surface area contributed by atoms with Crippen molar-refractivity contribution < 1.29 is 23.9 Å². The molecule has 8 heteroatoms. The number of carbonyl (C=O) groups is 3. The van der Waals surface area contributed by atoms with E-state index in [1.54, 1.807) is 20.8 Å². The van der Waals surface area contributed by atoms with Crippen LogP contribution >= 0.6 is 0 Å². The Morgan fingerprint density at radius 1 is 1.06 bits per heavy atom. The van der Waals surface area contributed by atoms with Crippen LogP contribution in [0.3, 0.4) is 0 Å². The molecule has 1 heterocycles. The van der Waals surface area contributed by atoms with Crippen LogP contribution in [0.1, 0.15) is 31.9 Å². The van der Waals surface area contributed by atoms with Crippen molar-refractivity contribution in [2.75, 3.05) is 13.1 Å². The smallest absolute Gasteiger partial charge is 0.410 e. The van der Waals surface area contributed by atoms with Crippen molar-refractivity contribution in [2.24, 2.45) is 0 Å². The van der Waals surface area contributed by atoms with Crippen LogP contribution in [-0.2, 0) is 27.3 Å². The van der Waals surface area contributed by atoms with Crippen molar-refractivity contribution in [2.45, 2.75) is 51.5 Å². The molecule has 2 aromatic carbocycles. The van der Waals surface area contributed by atoms with Gasteiger partial charge in [0.15, 0.2) is 0 Å². The molecule has 1 aliphatic heterocycles. The molecule has 0 radical (unpaired) electrons. The van der Waals surface area contributed by atoms with Crippen LogP contribution in [-0.4, -0.2) is 53.8 Å². The van der Waals surface area contributed by atoms with Crippen LogP contribution < -0.4 is 10.6 Å². The van der Waals surface area contributed by atoms with E-state index >= 15 is 0 Å². The minimum absolute atomic E-state index is 0.0906. The molecule has 1 saturated heterocycles. The quantitative estimate of drug-likeness (QED) is 0.700. The van der Waals surface area contributed by atoms with E-state index in [1.165, 1.54) is 4.90 Å². The second kappa shape index (κ2) is 10.8. The van der Waals surface area contributed by atoms with Crippen LogP contribution in [0, 0.1) is 0 Å². The summed E-state index contributed by atoms with van der Waals surface area (Å²) >= 11 is 0. The largest absolute Gasteiger partial charge is 0.445 e. The molecule has 1 fully saturated rings. The number of hydrogen-bond donors (Lipinski definition) is 2. The molecule has 0 spiro atoms. The van der Waals surface area contributed by atoms with E-state index in [4.69, 9.17) is 9.47 Å². The van der Waals surface area contributed by atoms with Gasteiger partial charge in [0, 0.05) is 6.54 Å². The lowest BCUT2D eigenvalue weighted by atomic mass is 9.97. The molecule has 1 unspecified atom stereocenters. The fraction of sp³-hybridized carbons (Fsp3) is 0.400. The average molecular weight is 454 g/mol. The Balaban J connectivity index is 1.78. The van der Waals surface area contributed by atoms with Crippen LogP contribution in [0.2, 0.25) is 0 Å². The van der Waals surface area contributed by atoms with Crippen LogP contribution in [0.15, 0.2) is 60.7 Å². The summed E-state index contributed by atoms with van der Waals surface area (Å²) in [5.74, 6) is -0.279. The highest BCUT2D eigenvalue weighted by molar-refractivity contribution is 5.84. The first-order valence-electron chi connectivity index (χ1n) is 11.0. The minimum atomic E-state index is -0.670. The highest BCUT2D eigenvalue weighted by Crippen LogP contribution is 2.17. The van der Waals surface area contributed by atoms with Crippen LogP contribution in [0.25, 0.3) is 0 Å². The molecule has 0 aromatic heterocycles. The summed E-state index contributed by atoms with van der Waals surface area (Å²) in [6, 6.07) is 17.9. The van der Waals surface area contributed by atoms with E-state index in [-0.39, 0.29) is 25.6 Å². The minimum Gasteiger partial charge on any atom is -0.445 e. The highest BCUT2D eigenvalue weighted by atomic mass is 16.6. The van der Waals surface area contributed by atoms with E-state index in [2.05, 4.69) is 10.6 Å². The monoisotopic (exact) mass is 453 g/mol. The molecule has 3 amide bonds. The summed E-state index contributed by atoms with van der Waals surface area (Å²) in [6.45, 7) is 5.48. The zero-order valence-corrected chi connectivity index (χ0v) is 19.2. The molecular formula is C25H31N3O5.